The Balaban J connectivity index is 1.91. The molecule has 0 amide bonds. The predicted octanol–water partition coefficient (Wildman–Crippen LogP) is 1.49. The molecule has 0 aliphatic carbocycles. The fourth-order valence-electron chi connectivity index (χ4n) is 1.69. The third-order valence-corrected chi connectivity index (χ3v) is 2.75. The summed E-state index contributed by atoms with van der Waals surface area (Å²) in [6.45, 7) is 2.11. The number of hydrogen-bond acceptors (Lipinski definition) is 6. The highest BCUT2D eigenvalue weighted by Crippen LogP contribution is 2.19. The van der Waals surface area contributed by atoms with Crippen LogP contribution >= 0.6 is 0 Å². The lowest BCUT2D eigenvalue weighted by Gasteiger charge is -1.96. The minimum Gasteiger partial charge on any atom is -0.330 e. The first-order valence-electron chi connectivity index (χ1n) is 5.93. The number of tetrazole rings is 1. The second kappa shape index (κ2) is 4.60. The number of aromatic nitrogens is 6. The largest absolute Gasteiger partial charge is 0.330 e. The van der Waals surface area contributed by atoms with Crippen LogP contribution in [0.5, 0.6) is 0 Å². The first-order valence-corrected chi connectivity index (χ1v) is 5.93. The fourth-order valence-corrected chi connectivity index (χ4v) is 1.69. The van der Waals surface area contributed by atoms with Crippen molar-refractivity contribution in [2.75, 3.05) is 0 Å². The van der Waals surface area contributed by atoms with E-state index in [1.807, 2.05) is 24.3 Å². The summed E-state index contributed by atoms with van der Waals surface area (Å²) in [5, 5.41) is 15.5. The third-order valence-electron chi connectivity index (χ3n) is 2.75. The van der Waals surface area contributed by atoms with Crippen molar-refractivity contribution in [3.8, 4) is 23.1 Å². The molecule has 7 nitrogen and oxygen atoms in total. The molecule has 7 heteroatoms. The van der Waals surface area contributed by atoms with Crippen LogP contribution in [0.15, 0.2) is 28.8 Å². The zero-order chi connectivity index (χ0) is 13.2. The van der Waals surface area contributed by atoms with Gasteiger partial charge in [0.15, 0.2) is 0 Å². The summed E-state index contributed by atoms with van der Waals surface area (Å²) in [4.78, 5) is 5.61. The molecule has 0 N–H and O–H groups in total. The third kappa shape index (κ3) is 2.22. The van der Waals surface area contributed by atoms with Crippen molar-refractivity contribution in [2.45, 2.75) is 13.3 Å². The molecule has 0 atom stereocenters. The van der Waals surface area contributed by atoms with Gasteiger partial charge < -0.3 is 4.52 Å². The maximum Gasteiger partial charge on any atom is 0.299 e. The monoisotopic (exact) mass is 256 g/mol. The van der Waals surface area contributed by atoms with Crippen molar-refractivity contribution in [2.24, 2.45) is 7.05 Å². The van der Waals surface area contributed by atoms with Gasteiger partial charge in [-0.1, -0.05) is 36.3 Å². The van der Waals surface area contributed by atoms with E-state index in [-0.39, 0.29) is 5.89 Å². The van der Waals surface area contributed by atoms with Gasteiger partial charge in [-0.25, -0.2) is 0 Å². The van der Waals surface area contributed by atoms with Crippen molar-refractivity contribution in [1.82, 2.24) is 30.3 Å². The molecule has 0 radical (unpaired) electrons. The van der Waals surface area contributed by atoms with Gasteiger partial charge in [-0.3, -0.25) is 0 Å². The van der Waals surface area contributed by atoms with Crippen LogP contribution in [-0.4, -0.2) is 30.3 Å². The summed E-state index contributed by atoms with van der Waals surface area (Å²) in [6, 6.07) is 8.03. The van der Waals surface area contributed by atoms with E-state index in [0.717, 1.165) is 12.0 Å². The molecule has 2 aromatic heterocycles. The highest BCUT2D eigenvalue weighted by atomic mass is 16.5. The Bertz CT molecular complexity index is 684. The highest BCUT2D eigenvalue weighted by Gasteiger charge is 2.14. The van der Waals surface area contributed by atoms with Crippen LogP contribution in [0.2, 0.25) is 0 Å². The summed E-state index contributed by atoms with van der Waals surface area (Å²) in [6.07, 6.45) is 1.00. The second-order valence-electron chi connectivity index (χ2n) is 4.08. The molecule has 0 spiro atoms. The summed E-state index contributed by atoms with van der Waals surface area (Å²) in [5.41, 5.74) is 2.17. The minimum atomic E-state index is 0.266. The van der Waals surface area contributed by atoms with Crippen LogP contribution in [0.25, 0.3) is 23.1 Å². The van der Waals surface area contributed by atoms with E-state index in [9.17, 15) is 0 Å². The molecule has 0 saturated carbocycles. The van der Waals surface area contributed by atoms with Gasteiger partial charge >= 0.3 is 0 Å². The van der Waals surface area contributed by atoms with E-state index < -0.39 is 0 Å². The molecule has 0 unspecified atom stereocenters. The van der Waals surface area contributed by atoms with Crippen molar-refractivity contribution < 1.29 is 4.52 Å². The number of nitrogens with zero attached hydrogens (tertiary/aromatic N) is 6. The first-order chi connectivity index (χ1) is 9.26. The van der Waals surface area contributed by atoms with Crippen LogP contribution in [0, 0.1) is 0 Å². The number of aryl methyl sites for hydroxylation is 2. The Hall–Kier alpha value is -2.57. The van der Waals surface area contributed by atoms with E-state index in [1.54, 1.807) is 7.05 Å². The number of rotatable bonds is 3. The van der Waals surface area contributed by atoms with Crippen molar-refractivity contribution >= 4 is 0 Å². The van der Waals surface area contributed by atoms with Gasteiger partial charge in [-0.2, -0.15) is 9.78 Å². The maximum absolute atomic E-state index is 5.14. The van der Waals surface area contributed by atoms with E-state index in [4.69, 9.17) is 4.52 Å². The molecule has 0 fully saturated rings. The van der Waals surface area contributed by atoms with Gasteiger partial charge in [0, 0.05) is 5.56 Å². The van der Waals surface area contributed by atoms with Gasteiger partial charge in [0.2, 0.25) is 5.82 Å². The van der Waals surface area contributed by atoms with E-state index >= 15 is 0 Å². The molecule has 0 aliphatic rings. The van der Waals surface area contributed by atoms with Crippen LogP contribution in [0.4, 0.5) is 0 Å². The van der Waals surface area contributed by atoms with Crippen LogP contribution < -0.4 is 0 Å². The van der Waals surface area contributed by atoms with Crippen LogP contribution in [0.3, 0.4) is 0 Å². The number of hydrogen-bond donors (Lipinski definition) is 0. The van der Waals surface area contributed by atoms with E-state index in [2.05, 4.69) is 32.5 Å². The summed E-state index contributed by atoms with van der Waals surface area (Å²) in [7, 11) is 1.68. The molecule has 96 valence electrons. The summed E-state index contributed by atoms with van der Waals surface area (Å²) < 4.78 is 5.14. The quantitative estimate of drug-likeness (QED) is 0.706. The Morgan fingerprint density at radius 3 is 2.58 bits per heavy atom. The van der Waals surface area contributed by atoms with Crippen molar-refractivity contribution in [1.29, 1.82) is 0 Å². The molecule has 19 heavy (non-hydrogen) atoms. The molecule has 1 aromatic carbocycles. The normalized spacial score (nSPS) is 10.8. The molecule has 3 rings (SSSR count). The van der Waals surface area contributed by atoms with Gasteiger partial charge in [0.05, 0.1) is 7.05 Å². The zero-order valence-electron chi connectivity index (χ0n) is 10.6. The maximum atomic E-state index is 5.14. The standard InChI is InChI=1S/C12H12N6O/c1-3-8-4-6-9(7-5-8)10-13-12(19-16-10)11-14-17-18(2)15-11/h4-7H,3H2,1-2H3. The average Bonchev–Trinajstić information content (AvgIpc) is 3.07. The molecular weight excluding hydrogens is 244 g/mol. The summed E-state index contributed by atoms with van der Waals surface area (Å²) in [5.74, 6) is 1.11. The Morgan fingerprint density at radius 2 is 1.95 bits per heavy atom. The SMILES string of the molecule is CCc1ccc(-c2noc(-c3nnn(C)n3)n2)cc1. The highest BCUT2D eigenvalue weighted by molar-refractivity contribution is 5.56. The van der Waals surface area contributed by atoms with Crippen molar-refractivity contribution in [3.05, 3.63) is 29.8 Å². The molecule has 0 bridgehead atoms. The summed E-state index contributed by atoms with van der Waals surface area (Å²) >= 11 is 0. The zero-order valence-corrected chi connectivity index (χ0v) is 10.6. The van der Waals surface area contributed by atoms with Gasteiger partial charge in [-0.15, -0.1) is 10.2 Å². The topological polar surface area (TPSA) is 82.5 Å². The second-order valence-corrected chi connectivity index (χ2v) is 4.08. The number of benzene rings is 1. The van der Waals surface area contributed by atoms with Crippen LogP contribution in [-0.2, 0) is 13.5 Å². The smallest absolute Gasteiger partial charge is 0.299 e. The van der Waals surface area contributed by atoms with Gasteiger partial charge in [0.1, 0.15) is 0 Å². The lowest BCUT2D eigenvalue weighted by Crippen LogP contribution is -1.91. The van der Waals surface area contributed by atoms with Crippen molar-refractivity contribution in [3.63, 3.8) is 0 Å². The van der Waals surface area contributed by atoms with Gasteiger partial charge in [-0.05, 0) is 17.2 Å². The Kier molecular flexibility index (Phi) is 2.79. The lowest BCUT2D eigenvalue weighted by atomic mass is 10.1. The molecule has 0 aliphatic heterocycles. The molecule has 0 saturated heterocycles. The minimum absolute atomic E-state index is 0.266. The predicted molar refractivity (Wildman–Crippen MR) is 66.9 cm³/mol. The average molecular weight is 256 g/mol. The molecule has 3 aromatic rings. The van der Waals surface area contributed by atoms with Gasteiger partial charge in [0.25, 0.3) is 11.7 Å². The first kappa shape index (κ1) is 11.5. The Morgan fingerprint density at radius 1 is 1.16 bits per heavy atom. The Labute approximate surface area is 109 Å². The van der Waals surface area contributed by atoms with E-state index in [1.165, 1.54) is 10.4 Å². The lowest BCUT2D eigenvalue weighted by molar-refractivity contribution is 0.429. The molecular formula is C12H12N6O. The fraction of sp³-hybridized carbons (Fsp3) is 0.250. The van der Waals surface area contributed by atoms with E-state index in [0.29, 0.717) is 11.6 Å². The van der Waals surface area contributed by atoms with Crippen LogP contribution in [0.1, 0.15) is 12.5 Å². The molecule has 2 heterocycles.